The summed E-state index contributed by atoms with van der Waals surface area (Å²) >= 11 is 0. The number of H-pyrrole nitrogens is 1. The molecule has 45 heavy (non-hydrogen) atoms. The molecule has 11 heteroatoms. The Balaban J connectivity index is 1.26. The number of halogens is 1. The standard InChI is InChI=1S/C34H31FN6O4/c1-39(33(45)22-9-3-2-4-10-22)24-14-15-29-27(20-24)37-34(41(29)18-8-17-40-16-7-13-30(40)42)38-32(44)28-19-23(21-36-28)31(43)25-11-5-6-12-26(25)35/h2-6,9-12,14-15,19-21,36H,7-8,13,16-18H2,1H3,(H,37,38,44). The number of nitrogens with one attached hydrogen (secondary N) is 2. The lowest BCUT2D eigenvalue weighted by Crippen LogP contribution is -2.26. The number of carbonyl (C=O) groups excluding carboxylic acids is 4. The second-order valence-electron chi connectivity index (χ2n) is 10.9. The van der Waals surface area contributed by atoms with Gasteiger partial charge in [-0.1, -0.05) is 30.3 Å². The molecule has 2 N–H and O–H groups in total. The van der Waals surface area contributed by atoms with Crippen LogP contribution in [0.5, 0.6) is 0 Å². The fourth-order valence-corrected chi connectivity index (χ4v) is 5.53. The summed E-state index contributed by atoms with van der Waals surface area (Å²) in [5.74, 6) is -1.49. The van der Waals surface area contributed by atoms with Crippen molar-refractivity contribution in [2.24, 2.45) is 0 Å². The number of aromatic amines is 1. The van der Waals surface area contributed by atoms with Gasteiger partial charge in [0.1, 0.15) is 11.5 Å². The van der Waals surface area contributed by atoms with Crippen LogP contribution >= 0.6 is 0 Å². The van der Waals surface area contributed by atoms with Gasteiger partial charge in [-0.2, -0.15) is 0 Å². The minimum absolute atomic E-state index is 0.0896. The Hall–Kier alpha value is -5.58. The number of fused-ring (bicyclic) bond motifs is 1. The number of aryl methyl sites for hydroxylation is 1. The summed E-state index contributed by atoms with van der Waals surface area (Å²) < 4.78 is 16.1. The average molecular weight is 607 g/mol. The van der Waals surface area contributed by atoms with Crippen molar-refractivity contribution in [1.82, 2.24) is 19.4 Å². The molecular formula is C34H31FN6O4. The molecule has 0 radical (unpaired) electrons. The van der Waals surface area contributed by atoms with Crippen molar-refractivity contribution < 1.29 is 23.6 Å². The van der Waals surface area contributed by atoms with Crippen molar-refractivity contribution in [1.29, 1.82) is 0 Å². The van der Waals surface area contributed by atoms with E-state index < -0.39 is 17.5 Å². The third-order valence-electron chi connectivity index (χ3n) is 7.96. The van der Waals surface area contributed by atoms with E-state index in [9.17, 15) is 23.6 Å². The van der Waals surface area contributed by atoms with Crippen molar-refractivity contribution in [3.05, 3.63) is 113 Å². The third kappa shape index (κ3) is 6.10. The van der Waals surface area contributed by atoms with Gasteiger partial charge in [-0.05, 0) is 61.4 Å². The summed E-state index contributed by atoms with van der Waals surface area (Å²) in [5, 5.41) is 2.84. The molecular weight excluding hydrogens is 575 g/mol. The number of benzene rings is 3. The molecule has 0 spiro atoms. The van der Waals surface area contributed by atoms with E-state index in [-0.39, 0.29) is 34.6 Å². The zero-order valence-corrected chi connectivity index (χ0v) is 24.6. The number of imidazole rings is 1. The van der Waals surface area contributed by atoms with Crippen LogP contribution in [-0.2, 0) is 11.3 Å². The van der Waals surface area contributed by atoms with Crippen LogP contribution < -0.4 is 10.2 Å². The largest absolute Gasteiger partial charge is 0.356 e. The van der Waals surface area contributed by atoms with E-state index in [1.807, 2.05) is 27.7 Å². The molecule has 6 rings (SSSR count). The van der Waals surface area contributed by atoms with Gasteiger partial charge in [-0.25, -0.2) is 9.37 Å². The maximum absolute atomic E-state index is 14.2. The molecule has 3 aromatic carbocycles. The lowest BCUT2D eigenvalue weighted by atomic mass is 10.1. The first-order valence-electron chi connectivity index (χ1n) is 14.7. The first-order valence-corrected chi connectivity index (χ1v) is 14.7. The van der Waals surface area contributed by atoms with Crippen LogP contribution in [0.15, 0.2) is 85.1 Å². The van der Waals surface area contributed by atoms with Crippen molar-refractivity contribution in [2.45, 2.75) is 25.8 Å². The fraction of sp³-hybridized carbons (Fsp3) is 0.206. The van der Waals surface area contributed by atoms with E-state index in [0.29, 0.717) is 42.7 Å². The first kappa shape index (κ1) is 29.5. The van der Waals surface area contributed by atoms with Crippen LogP contribution in [0.2, 0.25) is 0 Å². The molecule has 228 valence electrons. The number of anilines is 2. The number of nitrogens with zero attached hydrogens (tertiary/aromatic N) is 4. The molecule has 3 heterocycles. The van der Waals surface area contributed by atoms with Crippen molar-refractivity contribution in [3.63, 3.8) is 0 Å². The van der Waals surface area contributed by atoms with Crippen LogP contribution in [0.25, 0.3) is 11.0 Å². The molecule has 0 bridgehead atoms. The maximum Gasteiger partial charge on any atom is 0.274 e. The topological polar surface area (TPSA) is 120 Å². The number of likely N-dealkylation sites (tertiary alicyclic amines) is 1. The highest BCUT2D eigenvalue weighted by Gasteiger charge is 2.22. The average Bonchev–Trinajstić information content (AvgIpc) is 3.80. The van der Waals surface area contributed by atoms with E-state index in [0.717, 1.165) is 18.5 Å². The van der Waals surface area contributed by atoms with Gasteiger partial charge >= 0.3 is 0 Å². The van der Waals surface area contributed by atoms with Gasteiger partial charge in [0.15, 0.2) is 5.78 Å². The molecule has 3 amide bonds. The van der Waals surface area contributed by atoms with Crippen molar-refractivity contribution in [2.75, 3.05) is 30.4 Å². The Morgan fingerprint density at radius 3 is 2.51 bits per heavy atom. The smallest absolute Gasteiger partial charge is 0.274 e. The second-order valence-corrected chi connectivity index (χ2v) is 10.9. The minimum Gasteiger partial charge on any atom is -0.356 e. The fourth-order valence-electron chi connectivity index (χ4n) is 5.53. The van der Waals surface area contributed by atoms with E-state index in [4.69, 9.17) is 4.98 Å². The van der Waals surface area contributed by atoms with E-state index in [2.05, 4.69) is 10.3 Å². The normalized spacial score (nSPS) is 12.9. The van der Waals surface area contributed by atoms with E-state index >= 15 is 0 Å². The summed E-state index contributed by atoms with van der Waals surface area (Å²) in [6.07, 6.45) is 3.41. The van der Waals surface area contributed by atoms with Gasteiger partial charge in [0.25, 0.3) is 11.8 Å². The number of carbonyl (C=O) groups is 4. The van der Waals surface area contributed by atoms with Crippen LogP contribution in [-0.4, -0.2) is 63.1 Å². The summed E-state index contributed by atoms with van der Waals surface area (Å²) in [7, 11) is 1.69. The van der Waals surface area contributed by atoms with Crippen LogP contribution in [0, 0.1) is 5.82 Å². The van der Waals surface area contributed by atoms with Gasteiger partial charge in [-0.15, -0.1) is 0 Å². The van der Waals surface area contributed by atoms with Gasteiger partial charge in [0, 0.05) is 56.1 Å². The summed E-state index contributed by atoms with van der Waals surface area (Å²) in [4.78, 5) is 62.3. The quantitative estimate of drug-likeness (QED) is 0.210. The zero-order valence-electron chi connectivity index (χ0n) is 24.6. The number of amides is 3. The Morgan fingerprint density at radius 1 is 0.978 bits per heavy atom. The molecule has 5 aromatic rings. The highest BCUT2D eigenvalue weighted by Crippen LogP contribution is 2.27. The highest BCUT2D eigenvalue weighted by molar-refractivity contribution is 6.11. The molecule has 0 aliphatic carbocycles. The maximum atomic E-state index is 14.2. The highest BCUT2D eigenvalue weighted by atomic mass is 19.1. The van der Waals surface area contributed by atoms with Crippen LogP contribution in [0.3, 0.4) is 0 Å². The minimum atomic E-state index is -0.644. The predicted molar refractivity (Wildman–Crippen MR) is 168 cm³/mol. The number of hydrogen-bond acceptors (Lipinski definition) is 5. The first-order chi connectivity index (χ1) is 21.8. The second kappa shape index (κ2) is 12.6. The Labute approximate surface area is 258 Å². The van der Waals surface area contributed by atoms with Crippen molar-refractivity contribution >= 4 is 46.2 Å². The number of ketones is 1. The van der Waals surface area contributed by atoms with Gasteiger partial charge in [-0.3, -0.25) is 24.5 Å². The summed E-state index contributed by atoms with van der Waals surface area (Å²) in [6.45, 7) is 1.78. The lowest BCUT2D eigenvalue weighted by molar-refractivity contribution is -0.127. The number of rotatable bonds is 10. The Bertz CT molecular complexity index is 1910. The molecule has 0 atom stereocenters. The Kier molecular flexibility index (Phi) is 8.24. The van der Waals surface area contributed by atoms with Gasteiger partial charge in [0.2, 0.25) is 11.9 Å². The van der Waals surface area contributed by atoms with Crippen molar-refractivity contribution in [3.8, 4) is 0 Å². The zero-order chi connectivity index (χ0) is 31.5. The monoisotopic (exact) mass is 606 g/mol. The predicted octanol–water partition coefficient (Wildman–Crippen LogP) is 5.28. The van der Waals surface area contributed by atoms with E-state index in [1.165, 1.54) is 35.4 Å². The molecule has 1 aliphatic heterocycles. The summed E-state index contributed by atoms with van der Waals surface area (Å²) in [5.41, 5.74) is 2.64. The summed E-state index contributed by atoms with van der Waals surface area (Å²) in [6, 6.07) is 21.5. The molecule has 0 unspecified atom stereocenters. The molecule has 1 aliphatic rings. The van der Waals surface area contributed by atoms with Crippen LogP contribution in [0.1, 0.15) is 56.0 Å². The Morgan fingerprint density at radius 2 is 1.76 bits per heavy atom. The molecule has 1 saturated heterocycles. The SMILES string of the molecule is CN(C(=O)c1ccccc1)c1ccc2c(c1)nc(NC(=O)c1cc(C(=O)c3ccccc3F)c[nH]1)n2CCCN1CCCC1=O. The number of aromatic nitrogens is 3. The van der Waals surface area contributed by atoms with E-state index in [1.54, 1.807) is 43.4 Å². The third-order valence-corrected chi connectivity index (χ3v) is 7.96. The molecule has 1 fully saturated rings. The van der Waals surface area contributed by atoms with Gasteiger partial charge in [0.05, 0.1) is 16.6 Å². The number of hydrogen-bond donors (Lipinski definition) is 2. The molecule has 10 nitrogen and oxygen atoms in total. The molecule has 2 aromatic heterocycles. The lowest BCUT2D eigenvalue weighted by Gasteiger charge is -2.18. The van der Waals surface area contributed by atoms with Crippen LogP contribution in [0.4, 0.5) is 16.0 Å². The molecule has 0 saturated carbocycles. The van der Waals surface area contributed by atoms with Gasteiger partial charge < -0.3 is 19.4 Å².